The van der Waals surface area contributed by atoms with Gasteiger partial charge in [0.15, 0.2) is 11.6 Å². The third-order valence-electron chi connectivity index (χ3n) is 8.67. The zero-order valence-corrected chi connectivity index (χ0v) is 19.3. The van der Waals surface area contributed by atoms with Crippen molar-refractivity contribution in [2.45, 2.75) is 90.5 Å². The highest BCUT2D eigenvalue weighted by atomic mass is 16.8. The highest BCUT2D eigenvalue weighted by Crippen LogP contribution is 2.62. The van der Waals surface area contributed by atoms with Gasteiger partial charge in [-0.25, -0.2) is 0 Å². The predicted octanol–water partition coefficient (Wildman–Crippen LogP) is 3.46. The summed E-state index contributed by atoms with van der Waals surface area (Å²) in [7, 11) is 1.63. The van der Waals surface area contributed by atoms with Crippen molar-refractivity contribution < 1.29 is 28.8 Å². The summed E-state index contributed by atoms with van der Waals surface area (Å²) in [6.45, 7) is 15.2. The largest absolute Gasteiger partial charge is 0.385 e. The van der Waals surface area contributed by atoms with Gasteiger partial charge in [-0.3, -0.25) is 4.79 Å². The number of ether oxygens (including phenoxy) is 4. The predicted molar refractivity (Wildman–Crippen MR) is 112 cm³/mol. The van der Waals surface area contributed by atoms with Crippen molar-refractivity contribution in [2.24, 2.45) is 28.6 Å². The quantitative estimate of drug-likeness (QED) is 0.555. The molecule has 1 aliphatic heterocycles. The van der Waals surface area contributed by atoms with E-state index in [1.165, 1.54) is 0 Å². The molecule has 1 N–H and O–H groups in total. The third kappa shape index (κ3) is 3.30. The zero-order chi connectivity index (χ0) is 22.1. The van der Waals surface area contributed by atoms with Crippen LogP contribution in [0.4, 0.5) is 0 Å². The minimum absolute atomic E-state index is 0.0555. The number of hydrogen-bond acceptors (Lipinski definition) is 6. The third-order valence-corrected chi connectivity index (χ3v) is 8.67. The Morgan fingerprint density at radius 3 is 2.57 bits per heavy atom. The topological polar surface area (TPSA) is 74.2 Å². The lowest BCUT2D eigenvalue weighted by molar-refractivity contribution is -0.178. The first-order chi connectivity index (χ1) is 13.9. The van der Waals surface area contributed by atoms with Crippen LogP contribution in [0.5, 0.6) is 0 Å². The molecule has 4 fully saturated rings. The molecular weight excluding hydrogens is 384 g/mol. The summed E-state index contributed by atoms with van der Waals surface area (Å²) < 4.78 is 24.1. The summed E-state index contributed by atoms with van der Waals surface area (Å²) >= 11 is 0. The maximum atomic E-state index is 12.8. The van der Waals surface area contributed by atoms with E-state index in [2.05, 4.69) is 27.4 Å². The number of methoxy groups -OCH3 is 1. The summed E-state index contributed by atoms with van der Waals surface area (Å²) in [5, 5.41) is 11.0. The van der Waals surface area contributed by atoms with Crippen molar-refractivity contribution >= 4 is 5.78 Å². The van der Waals surface area contributed by atoms with Crippen molar-refractivity contribution in [2.75, 3.05) is 13.9 Å². The lowest BCUT2D eigenvalue weighted by atomic mass is 9.48. The summed E-state index contributed by atoms with van der Waals surface area (Å²) in [5.41, 5.74) is 0.609. The van der Waals surface area contributed by atoms with Crippen LogP contribution in [0.2, 0.25) is 0 Å². The summed E-state index contributed by atoms with van der Waals surface area (Å²) in [6, 6.07) is 0. The highest BCUT2D eigenvalue weighted by molar-refractivity contribution is 5.84. The molecule has 3 aliphatic carbocycles. The van der Waals surface area contributed by atoms with Gasteiger partial charge in [0.2, 0.25) is 0 Å². The van der Waals surface area contributed by atoms with E-state index in [4.69, 9.17) is 18.9 Å². The van der Waals surface area contributed by atoms with Gasteiger partial charge in [-0.2, -0.15) is 0 Å². The van der Waals surface area contributed by atoms with Crippen molar-refractivity contribution in [3.05, 3.63) is 12.2 Å². The maximum Gasteiger partial charge on any atom is 0.163 e. The monoisotopic (exact) mass is 422 g/mol. The molecule has 3 saturated carbocycles. The van der Waals surface area contributed by atoms with Crippen molar-refractivity contribution in [3.63, 3.8) is 0 Å². The molecule has 4 aliphatic rings. The Kier molecular flexibility index (Phi) is 5.51. The van der Waals surface area contributed by atoms with Crippen molar-refractivity contribution in [3.8, 4) is 0 Å². The summed E-state index contributed by atoms with van der Waals surface area (Å²) in [4.78, 5) is 12.8. The maximum absolute atomic E-state index is 12.8. The molecule has 0 aromatic heterocycles. The van der Waals surface area contributed by atoms with Gasteiger partial charge in [0.25, 0.3) is 0 Å². The van der Waals surface area contributed by atoms with Gasteiger partial charge in [-0.15, -0.1) is 0 Å². The molecule has 0 radical (unpaired) electrons. The molecule has 6 nitrogen and oxygen atoms in total. The first-order valence-electron chi connectivity index (χ1n) is 11.3. The first-order valence-corrected chi connectivity index (χ1v) is 11.3. The van der Waals surface area contributed by atoms with Gasteiger partial charge in [-0.05, 0) is 55.9 Å². The molecule has 0 spiro atoms. The number of aliphatic hydroxyl groups is 1. The van der Waals surface area contributed by atoms with Crippen LogP contribution in [-0.4, -0.2) is 55.0 Å². The number of carbonyl (C=O) groups excluding carboxylic acids is 1. The van der Waals surface area contributed by atoms with Crippen molar-refractivity contribution in [1.82, 2.24) is 0 Å². The average molecular weight is 423 g/mol. The van der Waals surface area contributed by atoms with E-state index < -0.39 is 11.9 Å². The Morgan fingerprint density at radius 1 is 1.20 bits per heavy atom. The second-order valence-corrected chi connectivity index (χ2v) is 11.1. The molecular formula is C24H38O6. The minimum Gasteiger partial charge on any atom is -0.385 e. The molecule has 1 saturated heterocycles. The Labute approximate surface area is 180 Å². The molecule has 0 aromatic carbocycles. The van der Waals surface area contributed by atoms with Crippen LogP contribution in [-0.2, 0) is 23.7 Å². The van der Waals surface area contributed by atoms with Crippen LogP contribution in [0.25, 0.3) is 0 Å². The van der Waals surface area contributed by atoms with Gasteiger partial charge in [0, 0.05) is 24.9 Å². The molecule has 6 heteroatoms. The standard InChI is InChI=1S/C24H38O6/c1-13-15-10-14-11-16(25)19(26)18(22(14,2)3)20-21(30-23(4,5)29-20)24(15,6)9-8-17(13)28-12-27-7/h14-15,17-21,26H,1,8-12H2,2-7H3/t14-,15-,17+,18-,19?,20?,21+,24-/m1/s1. The smallest absolute Gasteiger partial charge is 0.163 e. The second kappa shape index (κ2) is 7.38. The van der Waals surface area contributed by atoms with Crippen LogP contribution >= 0.6 is 0 Å². The fourth-order valence-corrected chi connectivity index (χ4v) is 6.89. The lowest BCUT2D eigenvalue weighted by Crippen LogP contribution is -2.62. The fraction of sp³-hybridized carbons (Fsp3) is 0.875. The summed E-state index contributed by atoms with van der Waals surface area (Å²) in [6.07, 6.45) is 1.38. The van der Waals surface area contributed by atoms with Gasteiger partial charge in [0.1, 0.15) is 12.9 Å². The van der Waals surface area contributed by atoms with E-state index in [0.717, 1.165) is 24.8 Å². The van der Waals surface area contributed by atoms with Crippen LogP contribution in [0, 0.1) is 28.6 Å². The van der Waals surface area contributed by atoms with Gasteiger partial charge in [0.05, 0.1) is 18.3 Å². The molecule has 1 heterocycles. The van der Waals surface area contributed by atoms with E-state index in [9.17, 15) is 9.90 Å². The number of rotatable bonds is 3. The SMILES string of the molecule is C=C1[C@@H](OCOC)CC[C@]2(C)[C@@H]1C[C@@H]1CC(=O)C(O)[C@H](C3OC(C)(C)O[C@@H]32)C1(C)C. The van der Waals surface area contributed by atoms with Crippen LogP contribution in [0.3, 0.4) is 0 Å². The van der Waals surface area contributed by atoms with E-state index in [0.29, 0.717) is 6.42 Å². The number of Topliss-reactive ketones (excluding diaryl/α,β-unsaturated/α-hetero) is 1. The Balaban J connectivity index is 1.79. The molecule has 30 heavy (non-hydrogen) atoms. The molecule has 8 atom stereocenters. The number of hydrogen-bond donors (Lipinski definition) is 1. The van der Waals surface area contributed by atoms with Gasteiger partial charge >= 0.3 is 0 Å². The molecule has 0 amide bonds. The van der Waals surface area contributed by atoms with Crippen molar-refractivity contribution in [1.29, 1.82) is 0 Å². The Bertz CT molecular complexity index is 714. The van der Waals surface area contributed by atoms with E-state index in [1.807, 2.05) is 13.8 Å². The molecule has 0 aromatic rings. The van der Waals surface area contributed by atoms with Crippen LogP contribution < -0.4 is 0 Å². The number of ketones is 1. The van der Waals surface area contributed by atoms with Crippen LogP contribution in [0.1, 0.15) is 60.3 Å². The minimum atomic E-state index is -1.01. The lowest BCUT2D eigenvalue weighted by Gasteiger charge is -2.58. The second-order valence-electron chi connectivity index (χ2n) is 11.1. The molecule has 170 valence electrons. The molecule has 2 unspecified atom stereocenters. The average Bonchev–Trinajstić information content (AvgIpc) is 2.97. The number of carbonyl (C=O) groups is 1. The fourth-order valence-electron chi connectivity index (χ4n) is 6.89. The number of aliphatic hydroxyl groups excluding tert-OH is 1. The normalized spacial score (nSPS) is 47.2. The van der Waals surface area contributed by atoms with E-state index >= 15 is 0 Å². The highest BCUT2D eigenvalue weighted by Gasteiger charge is 2.65. The summed E-state index contributed by atoms with van der Waals surface area (Å²) in [5.74, 6) is -0.832. The molecule has 2 bridgehead atoms. The van der Waals surface area contributed by atoms with E-state index in [-0.39, 0.29) is 59.5 Å². The van der Waals surface area contributed by atoms with Crippen LogP contribution in [0.15, 0.2) is 12.2 Å². The van der Waals surface area contributed by atoms with E-state index in [1.54, 1.807) is 7.11 Å². The Hall–Kier alpha value is -0.790. The zero-order valence-electron chi connectivity index (χ0n) is 19.3. The Morgan fingerprint density at radius 2 is 1.90 bits per heavy atom. The molecule has 4 rings (SSSR count). The van der Waals surface area contributed by atoms with Gasteiger partial charge < -0.3 is 24.1 Å². The number of fused-ring (bicyclic) bond motifs is 6. The van der Waals surface area contributed by atoms with Gasteiger partial charge in [-0.1, -0.05) is 27.4 Å². The first kappa shape index (κ1) is 22.4.